The standard InChI is InChI=1S/2C62H40N4S/c1-6-20-41(21-7-1)50-38-51(42-22-8-2-9-23-42)40-52(39-50)58-55(56-57(43-24-10-3-11-25-43)63-54-35-17-16-34-53(54)59(56)67-58)48-32-18-30-46(36-48)47-31-19-33-49(37-47)62-65-60(44-26-12-4-13-27-44)64-61(66-62)45-28-14-5-15-29-45;1-6-18-41(19-7-1)50-38-51(42-20-8-2-9-21-42)40-52(39-50)58-55(56-57(46-22-10-3-11-23-46)63-54-29-17-16-28-53(54)59(56)67-58)45-34-30-43(31-35-45)44-32-36-49(37-33-44)62-65-60(47-24-12-4-13-25-47)64-61(66-62)48-26-14-5-15-27-48/h2*1-40H. The highest BCUT2D eigenvalue weighted by molar-refractivity contribution is 7.24. The van der Waals surface area contributed by atoms with Crippen LogP contribution in [-0.4, -0.2) is 39.9 Å². The molecule has 0 fully saturated rings. The van der Waals surface area contributed by atoms with Gasteiger partial charge in [-0.15, -0.1) is 22.7 Å². The van der Waals surface area contributed by atoms with Crippen molar-refractivity contribution in [3.05, 3.63) is 485 Å². The van der Waals surface area contributed by atoms with E-state index in [2.05, 4.69) is 364 Å². The maximum Gasteiger partial charge on any atom is 0.164 e. The molecule has 0 N–H and O–H groups in total. The minimum atomic E-state index is 0.620. The van der Waals surface area contributed by atoms with Crippen LogP contribution in [-0.2, 0) is 0 Å². The van der Waals surface area contributed by atoms with Crippen LogP contribution in [0.15, 0.2) is 485 Å². The van der Waals surface area contributed by atoms with Gasteiger partial charge in [0.1, 0.15) is 0 Å². The van der Waals surface area contributed by atoms with Gasteiger partial charge in [-0.2, -0.15) is 0 Å². The predicted octanol–water partition coefficient (Wildman–Crippen LogP) is 33.3. The molecular formula is C124H80N8S2. The van der Waals surface area contributed by atoms with Crippen molar-refractivity contribution in [2.45, 2.75) is 0 Å². The summed E-state index contributed by atoms with van der Waals surface area (Å²) in [6, 6.07) is 171. The Hall–Kier alpha value is -17.3. The quantitative estimate of drug-likeness (QED) is 0.0837. The van der Waals surface area contributed by atoms with Crippen molar-refractivity contribution in [1.29, 1.82) is 0 Å². The molecule has 0 aliphatic heterocycles. The fraction of sp³-hybridized carbons (Fsp3) is 0. The van der Waals surface area contributed by atoms with E-state index < -0.39 is 0 Å². The van der Waals surface area contributed by atoms with Crippen molar-refractivity contribution in [3.63, 3.8) is 0 Å². The first kappa shape index (κ1) is 81.2. The molecule has 0 spiro atoms. The Morgan fingerprint density at radius 2 is 0.343 bits per heavy atom. The second kappa shape index (κ2) is 36.3. The Morgan fingerprint density at radius 3 is 0.672 bits per heavy atom. The van der Waals surface area contributed by atoms with Crippen LogP contribution in [0, 0.1) is 0 Å². The van der Waals surface area contributed by atoms with E-state index in [0.717, 1.165) is 133 Å². The molecular weight excluding hydrogens is 1670 g/mol. The Balaban J connectivity index is 0.000000151. The summed E-state index contributed by atoms with van der Waals surface area (Å²) in [4.78, 5) is 43.2. The van der Waals surface area contributed by atoms with Gasteiger partial charge < -0.3 is 0 Å². The molecule has 6 aromatic heterocycles. The molecule has 0 aliphatic carbocycles. The smallest absolute Gasteiger partial charge is 0.164 e. The highest BCUT2D eigenvalue weighted by Crippen LogP contribution is 2.54. The SMILES string of the molecule is c1ccc(-c2cc(-c3ccccc3)cc(-c3sc4c(c(-c5ccccc5)nc5ccccc54)c3-c3ccc(-c4ccc(-c5nc(-c6ccccc6)nc(-c6ccccc6)n5)cc4)cc3)c2)cc1.c1ccc(-c2cc(-c3ccccc3)cc(-c3sc4c(c(-c5ccccc5)nc5ccccc54)c3-c3cccc(-c4cccc(-c5nc(-c6ccccc6)nc(-c6ccccc6)n5)c4)c3)c2)cc1. The highest BCUT2D eigenvalue weighted by atomic mass is 32.1. The first-order valence-electron chi connectivity index (χ1n) is 44.9. The number of fused-ring (bicyclic) bond motifs is 6. The topological polar surface area (TPSA) is 103 Å². The van der Waals surface area contributed by atoms with Crippen molar-refractivity contribution in [1.82, 2.24) is 39.9 Å². The average Bonchev–Trinajstić information content (AvgIpc) is 1.57. The largest absolute Gasteiger partial charge is 0.247 e. The second-order valence-corrected chi connectivity index (χ2v) is 35.2. The maximum atomic E-state index is 5.47. The Kier molecular flexibility index (Phi) is 22.0. The number of benzene rings is 18. The molecule has 24 rings (SSSR count). The van der Waals surface area contributed by atoms with Crippen molar-refractivity contribution in [3.8, 4) is 201 Å². The van der Waals surface area contributed by atoms with Gasteiger partial charge >= 0.3 is 0 Å². The number of hydrogen-bond donors (Lipinski definition) is 0. The maximum absolute atomic E-state index is 5.47. The number of para-hydroxylation sites is 2. The number of aromatic nitrogens is 8. The van der Waals surface area contributed by atoms with Crippen LogP contribution in [0.2, 0.25) is 0 Å². The van der Waals surface area contributed by atoms with Crippen LogP contribution in [0.3, 0.4) is 0 Å². The number of pyridine rings is 2. The van der Waals surface area contributed by atoms with E-state index in [1.807, 2.05) is 144 Å². The molecule has 0 bridgehead atoms. The lowest BCUT2D eigenvalue weighted by molar-refractivity contribution is 1.07. The van der Waals surface area contributed by atoms with Gasteiger partial charge in [0, 0.05) is 96.3 Å². The van der Waals surface area contributed by atoms with E-state index in [0.29, 0.717) is 34.9 Å². The molecule has 0 saturated heterocycles. The number of rotatable bonds is 18. The normalized spacial score (nSPS) is 11.3. The Morgan fingerprint density at radius 1 is 0.134 bits per heavy atom. The first-order valence-corrected chi connectivity index (χ1v) is 46.5. The van der Waals surface area contributed by atoms with E-state index in [4.69, 9.17) is 39.9 Å². The van der Waals surface area contributed by atoms with E-state index in [-0.39, 0.29) is 0 Å². The average molecular weight is 1750 g/mol. The molecule has 6 heterocycles. The van der Waals surface area contributed by atoms with Gasteiger partial charge in [-0.05, 0) is 150 Å². The third-order valence-corrected chi connectivity index (χ3v) is 27.2. The molecule has 134 heavy (non-hydrogen) atoms. The minimum Gasteiger partial charge on any atom is -0.247 e. The second-order valence-electron chi connectivity index (χ2n) is 33.2. The molecule has 0 amide bonds. The fourth-order valence-electron chi connectivity index (χ4n) is 18.1. The summed E-state index contributed by atoms with van der Waals surface area (Å²) in [5, 5.41) is 4.60. The van der Waals surface area contributed by atoms with E-state index >= 15 is 0 Å². The molecule has 24 aromatic rings. The summed E-state index contributed by atoms with van der Waals surface area (Å²) in [6.45, 7) is 0. The van der Waals surface area contributed by atoms with Gasteiger partial charge in [-0.25, -0.2) is 39.9 Å². The minimum absolute atomic E-state index is 0.620. The summed E-state index contributed by atoms with van der Waals surface area (Å²) in [6.07, 6.45) is 0. The zero-order valence-corrected chi connectivity index (χ0v) is 74.2. The summed E-state index contributed by atoms with van der Waals surface area (Å²) in [7, 11) is 0. The fourth-order valence-corrected chi connectivity index (χ4v) is 20.7. The van der Waals surface area contributed by atoms with Crippen LogP contribution in [0.4, 0.5) is 0 Å². The lowest BCUT2D eigenvalue weighted by Crippen LogP contribution is -2.00. The monoisotopic (exact) mass is 1740 g/mol. The third-order valence-electron chi connectivity index (χ3n) is 24.6. The van der Waals surface area contributed by atoms with E-state index in [9.17, 15) is 0 Å². The Labute approximate surface area is 784 Å². The lowest BCUT2D eigenvalue weighted by Gasteiger charge is -2.14. The van der Waals surface area contributed by atoms with Crippen LogP contribution in [0.25, 0.3) is 243 Å². The number of hydrogen-bond acceptors (Lipinski definition) is 10. The molecule has 0 aliphatic rings. The van der Waals surface area contributed by atoms with Crippen molar-refractivity contribution in [2.75, 3.05) is 0 Å². The molecule has 8 nitrogen and oxygen atoms in total. The third kappa shape index (κ3) is 16.4. The molecule has 0 radical (unpaired) electrons. The molecule has 628 valence electrons. The van der Waals surface area contributed by atoms with Crippen molar-refractivity contribution in [2.24, 2.45) is 0 Å². The molecule has 10 heteroatoms. The zero-order valence-electron chi connectivity index (χ0n) is 72.6. The number of thiophene rings is 2. The summed E-state index contributed by atoms with van der Waals surface area (Å²) >= 11 is 3.72. The van der Waals surface area contributed by atoms with Crippen LogP contribution in [0.5, 0.6) is 0 Å². The van der Waals surface area contributed by atoms with Gasteiger partial charge in [0.05, 0.1) is 22.4 Å². The first-order chi connectivity index (χ1) is 66.4. The Bertz CT molecular complexity index is 8170. The van der Waals surface area contributed by atoms with Crippen molar-refractivity contribution < 1.29 is 0 Å². The van der Waals surface area contributed by atoms with Gasteiger partial charge in [0.25, 0.3) is 0 Å². The molecule has 18 aromatic carbocycles. The van der Waals surface area contributed by atoms with Crippen molar-refractivity contribution >= 4 is 64.7 Å². The van der Waals surface area contributed by atoms with E-state index in [1.54, 1.807) is 0 Å². The predicted molar refractivity (Wildman–Crippen MR) is 559 cm³/mol. The summed E-state index contributed by atoms with van der Waals surface area (Å²) in [5.74, 6) is 3.81. The van der Waals surface area contributed by atoms with Gasteiger partial charge in [0.2, 0.25) is 0 Å². The lowest BCUT2D eigenvalue weighted by atomic mass is 9.90. The summed E-state index contributed by atoms with van der Waals surface area (Å²) in [5.41, 5.74) is 32.4. The van der Waals surface area contributed by atoms with E-state index in [1.165, 1.54) is 74.8 Å². The molecule has 0 saturated carbocycles. The highest BCUT2D eigenvalue weighted by Gasteiger charge is 2.28. The molecule has 0 unspecified atom stereocenters. The van der Waals surface area contributed by atoms with Gasteiger partial charge in [0.15, 0.2) is 34.9 Å². The zero-order chi connectivity index (χ0) is 89.0. The van der Waals surface area contributed by atoms with Gasteiger partial charge in [-0.1, -0.05) is 425 Å². The van der Waals surface area contributed by atoms with Gasteiger partial charge in [-0.3, -0.25) is 0 Å². The molecule has 0 atom stereocenters. The van der Waals surface area contributed by atoms with Crippen LogP contribution in [0.1, 0.15) is 0 Å². The van der Waals surface area contributed by atoms with Crippen LogP contribution >= 0.6 is 22.7 Å². The summed E-state index contributed by atoms with van der Waals surface area (Å²) < 4.78 is 2.44. The number of nitrogens with zero attached hydrogens (tertiary/aromatic N) is 8. The van der Waals surface area contributed by atoms with Crippen LogP contribution < -0.4 is 0 Å².